The fourth-order valence-electron chi connectivity index (χ4n) is 4.58. The number of pyridine rings is 1. The molecule has 2 aromatic carbocycles. The number of aromatic nitrogens is 2. The van der Waals surface area contributed by atoms with Crippen molar-refractivity contribution < 1.29 is 19.1 Å². The van der Waals surface area contributed by atoms with Crippen molar-refractivity contribution in [1.82, 2.24) is 9.55 Å². The normalized spacial score (nSPS) is 12.4. The molecule has 0 saturated carbocycles. The molecule has 0 saturated heterocycles. The van der Waals surface area contributed by atoms with Crippen LogP contribution in [0, 0.1) is 0 Å². The highest BCUT2D eigenvalue weighted by Gasteiger charge is 2.25. The summed E-state index contributed by atoms with van der Waals surface area (Å²) in [7, 11) is 1.49. The standard InChI is InChI=1S/C31H33ClN2O5S/c1-6-26(35)21-9-8-20(32)15-22(21)23-16-30(37)34(17-28(23)38-5)25(11-12-39-31(2,3)4)27(36)14-19-7-10-29-24(13-19)33-18-40-29/h7-10,13,15-18,25H,6,11-12,14H2,1-5H3. The maximum atomic E-state index is 13.7. The number of benzene rings is 2. The van der Waals surface area contributed by atoms with E-state index < -0.39 is 17.2 Å². The Hall–Kier alpha value is -3.33. The quantitative estimate of drug-likeness (QED) is 0.179. The number of ether oxygens (including phenoxy) is 2. The predicted molar refractivity (Wildman–Crippen MR) is 160 cm³/mol. The van der Waals surface area contributed by atoms with E-state index in [1.165, 1.54) is 17.7 Å². The third kappa shape index (κ3) is 6.86. The summed E-state index contributed by atoms with van der Waals surface area (Å²) in [6.45, 7) is 7.88. The fraction of sp³-hybridized carbons (Fsp3) is 0.355. The fourth-order valence-corrected chi connectivity index (χ4v) is 5.41. The third-order valence-electron chi connectivity index (χ3n) is 6.56. The zero-order valence-electron chi connectivity index (χ0n) is 23.3. The number of carbonyl (C=O) groups excluding carboxylic acids is 2. The minimum Gasteiger partial charge on any atom is -0.495 e. The van der Waals surface area contributed by atoms with Gasteiger partial charge in [0.15, 0.2) is 11.6 Å². The summed E-state index contributed by atoms with van der Waals surface area (Å²) < 4.78 is 14.1. The Kier molecular flexibility index (Phi) is 9.23. The molecule has 0 aliphatic carbocycles. The summed E-state index contributed by atoms with van der Waals surface area (Å²) in [6, 6.07) is 11.4. The Morgan fingerprint density at radius 2 is 1.88 bits per heavy atom. The van der Waals surface area contributed by atoms with E-state index >= 15 is 0 Å². The maximum absolute atomic E-state index is 13.7. The summed E-state index contributed by atoms with van der Waals surface area (Å²) in [5.41, 5.74) is 4.04. The number of halogens is 1. The molecule has 9 heteroatoms. The van der Waals surface area contributed by atoms with E-state index in [9.17, 15) is 14.4 Å². The van der Waals surface area contributed by atoms with Crippen LogP contribution in [0.4, 0.5) is 0 Å². The van der Waals surface area contributed by atoms with Gasteiger partial charge in [0, 0.05) is 41.7 Å². The van der Waals surface area contributed by atoms with Crippen LogP contribution < -0.4 is 10.3 Å². The van der Waals surface area contributed by atoms with Crippen molar-refractivity contribution in [1.29, 1.82) is 0 Å². The molecule has 210 valence electrons. The summed E-state index contributed by atoms with van der Waals surface area (Å²) in [5, 5.41) is 0.429. The summed E-state index contributed by atoms with van der Waals surface area (Å²) in [6.07, 6.45) is 2.27. The molecule has 2 aromatic heterocycles. The highest BCUT2D eigenvalue weighted by Crippen LogP contribution is 2.34. The highest BCUT2D eigenvalue weighted by molar-refractivity contribution is 7.16. The monoisotopic (exact) mass is 580 g/mol. The van der Waals surface area contributed by atoms with Gasteiger partial charge >= 0.3 is 0 Å². The summed E-state index contributed by atoms with van der Waals surface area (Å²) in [5.74, 6) is 0.140. The van der Waals surface area contributed by atoms with Crippen LogP contribution in [0.5, 0.6) is 5.75 Å². The molecule has 1 unspecified atom stereocenters. The van der Waals surface area contributed by atoms with Gasteiger partial charge in [-0.3, -0.25) is 14.4 Å². The molecular formula is C31H33ClN2O5S. The highest BCUT2D eigenvalue weighted by atomic mass is 35.5. The SMILES string of the molecule is CCC(=O)c1ccc(Cl)cc1-c1cc(=O)n(C(CCOC(C)(C)C)C(=O)Cc2ccc3scnc3c2)cc1OC. The number of thiazole rings is 1. The van der Waals surface area contributed by atoms with Crippen molar-refractivity contribution in [3.63, 3.8) is 0 Å². The van der Waals surface area contributed by atoms with Crippen LogP contribution in [0.2, 0.25) is 5.02 Å². The number of nitrogens with zero attached hydrogens (tertiary/aromatic N) is 2. The molecule has 7 nitrogen and oxygen atoms in total. The van der Waals surface area contributed by atoms with Gasteiger partial charge in [0.25, 0.3) is 5.56 Å². The van der Waals surface area contributed by atoms with Gasteiger partial charge in [0.1, 0.15) is 5.75 Å². The van der Waals surface area contributed by atoms with Crippen LogP contribution in [-0.2, 0) is 16.0 Å². The van der Waals surface area contributed by atoms with Crippen LogP contribution in [0.3, 0.4) is 0 Å². The average Bonchev–Trinajstić information content (AvgIpc) is 3.38. The third-order valence-corrected chi connectivity index (χ3v) is 7.61. The zero-order chi connectivity index (χ0) is 29.0. The second-order valence-corrected chi connectivity index (χ2v) is 11.9. The van der Waals surface area contributed by atoms with Crippen molar-refractivity contribution in [3.05, 3.63) is 80.7 Å². The molecule has 4 aromatic rings. The number of rotatable bonds is 11. The van der Waals surface area contributed by atoms with Crippen molar-refractivity contribution in [2.24, 2.45) is 0 Å². The van der Waals surface area contributed by atoms with Gasteiger partial charge in [0.2, 0.25) is 0 Å². The van der Waals surface area contributed by atoms with Crippen molar-refractivity contribution >= 4 is 44.7 Å². The summed E-state index contributed by atoms with van der Waals surface area (Å²) >= 11 is 7.82. The topological polar surface area (TPSA) is 87.5 Å². The van der Waals surface area contributed by atoms with Crippen LogP contribution in [0.25, 0.3) is 21.3 Å². The lowest BCUT2D eigenvalue weighted by Crippen LogP contribution is -2.32. The van der Waals surface area contributed by atoms with Gasteiger partial charge in [-0.2, -0.15) is 0 Å². The zero-order valence-corrected chi connectivity index (χ0v) is 24.9. The van der Waals surface area contributed by atoms with Gasteiger partial charge in [-0.1, -0.05) is 24.6 Å². The molecule has 2 heterocycles. The van der Waals surface area contributed by atoms with Crippen molar-refractivity contribution in [2.45, 2.75) is 58.6 Å². The Morgan fingerprint density at radius 1 is 1.10 bits per heavy atom. The smallest absolute Gasteiger partial charge is 0.252 e. The molecule has 0 aliphatic rings. The average molecular weight is 581 g/mol. The molecule has 0 amide bonds. The van der Waals surface area contributed by atoms with Crippen LogP contribution in [-0.4, -0.2) is 40.4 Å². The number of hydrogen-bond acceptors (Lipinski definition) is 7. The van der Waals surface area contributed by atoms with E-state index in [-0.39, 0.29) is 24.6 Å². The Labute approximate surface area is 242 Å². The van der Waals surface area contributed by atoms with Crippen molar-refractivity contribution in [3.8, 4) is 16.9 Å². The van der Waals surface area contributed by atoms with Gasteiger partial charge in [-0.05, 0) is 68.7 Å². The first-order valence-electron chi connectivity index (χ1n) is 13.1. The lowest BCUT2D eigenvalue weighted by Gasteiger charge is -2.24. The van der Waals surface area contributed by atoms with E-state index in [2.05, 4.69) is 4.98 Å². The van der Waals surface area contributed by atoms with E-state index in [4.69, 9.17) is 21.1 Å². The second kappa shape index (κ2) is 12.5. The number of Topliss-reactive ketones (excluding diaryl/α,β-unsaturated/α-hetero) is 2. The minimum atomic E-state index is -0.792. The minimum absolute atomic E-state index is 0.0811. The predicted octanol–water partition coefficient (Wildman–Crippen LogP) is 6.94. The van der Waals surface area contributed by atoms with Gasteiger partial charge < -0.3 is 14.0 Å². The number of ketones is 2. The van der Waals surface area contributed by atoms with E-state index in [0.29, 0.717) is 40.3 Å². The Morgan fingerprint density at radius 3 is 2.58 bits per heavy atom. The Balaban J connectivity index is 1.75. The molecular weight excluding hydrogens is 548 g/mol. The number of hydrogen-bond donors (Lipinski definition) is 0. The maximum Gasteiger partial charge on any atom is 0.252 e. The van der Waals surface area contributed by atoms with Crippen LogP contribution in [0.15, 0.2) is 59.0 Å². The molecule has 0 N–H and O–H groups in total. The molecule has 0 aliphatic heterocycles. The largest absolute Gasteiger partial charge is 0.495 e. The number of methoxy groups -OCH3 is 1. The number of carbonyl (C=O) groups is 2. The van der Waals surface area contributed by atoms with E-state index in [1.54, 1.807) is 48.2 Å². The molecule has 0 bridgehead atoms. The lowest BCUT2D eigenvalue weighted by molar-refractivity contribution is -0.122. The first kappa shape index (κ1) is 29.6. The molecule has 40 heavy (non-hydrogen) atoms. The number of fused-ring (bicyclic) bond motifs is 1. The van der Waals surface area contributed by atoms with Gasteiger partial charge in [0.05, 0.1) is 40.7 Å². The van der Waals surface area contributed by atoms with Crippen molar-refractivity contribution in [2.75, 3.05) is 13.7 Å². The van der Waals surface area contributed by atoms with Gasteiger partial charge in [-0.15, -0.1) is 11.3 Å². The molecule has 4 rings (SSSR count). The van der Waals surface area contributed by atoms with Crippen LogP contribution >= 0.6 is 22.9 Å². The molecule has 0 spiro atoms. The lowest BCUT2D eigenvalue weighted by atomic mass is 9.95. The molecule has 1 atom stereocenters. The van der Waals surface area contributed by atoms with E-state index in [0.717, 1.165) is 15.8 Å². The molecule has 0 fully saturated rings. The Bertz CT molecular complexity index is 1600. The second-order valence-electron chi connectivity index (χ2n) is 10.5. The summed E-state index contributed by atoms with van der Waals surface area (Å²) in [4.78, 5) is 44.4. The molecule has 0 radical (unpaired) electrons. The van der Waals surface area contributed by atoms with E-state index in [1.807, 2.05) is 39.0 Å². The first-order chi connectivity index (χ1) is 19.0. The van der Waals surface area contributed by atoms with Gasteiger partial charge in [-0.25, -0.2) is 4.98 Å². The van der Waals surface area contributed by atoms with Crippen LogP contribution in [0.1, 0.15) is 62.5 Å². The first-order valence-corrected chi connectivity index (χ1v) is 14.4.